The number of fused-ring (bicyclic) bond motifs is 1. The lowest BCUT2D eigenvalue weighted by Gasteiger charge is -2.19. The second kappa shape index (κ2) is 10.0. The van der Waals surface area contributed by atoms with Crippen LogP contribution in [0.25, 0.3) is 11.2 Å². The molecule has 3 aromatic heterocycles. The Hall–Kier alpha value is -3.83. The van der Waals surface area contributed by atoms with E-state index < -0.39 is 30.4 Å². The zero-order valence-corrected chi connectivity index (χ0v) is 21.3. The minimum atomic E-state index is -1.44. The summed E-state index contributed by atoms with van der Waals surface area (Å²) in [6.45, 7) is 0.140. The highest BCUT2D eigenvalue weighted by molar-refractivity contribution is 6.29. The fraction of sp³-hybridized carbons (Fsp3) is 0.440. The smallest absolute Gasteiger partial charge is 0.256 e. The van der Waals surface area contributed by atoms with Crippen molar-refractivity contribution < 1.29 is 24.5 Å². The van der Waals surface area contributed by atoms with E-state index in [1.165, 1.54) is 17.1 Å². The van der Waals surface area contributed by atoms with Gasteiger partial charge in [0.1, 0.15) is 22.9 Å². The number of ether oxygens (including phenoxy) is 1. The molecule has 3 aromatic rings. The first kappa shape index (κ1) is 25.4. The van der Waals surface area contributed by atoms with Crippen LogP contribution in [0.15, 0.2) is 24.7 Å². The van der Waals surface area contributed by atoms with Gasteiger partial charge in [0, 0.05) is 18.3 Å². The number of carbonyl (C=O) groups excluding carboxylic acids is 2. The van der Waals surface area contributed by atoms with E-state index in [-0.39, 0.29) is 47.3 Å². The number of imidazole rings is 1. The average molecular weight is 553 g/mol. The fourth-order valence-corrected chi connectivity index (χ4v) is 4.53. The molecule has 0 aromatic carbocycles. The minimum absolute atomic E-state index is 0.0569. The highest BCUT2D eigenvalue weighted by Crippen LogP contribution is 2.33. The van der Waals surface area contributed by atoms with Crippen LogP contribution in [0.4, 0.5) is 5.82 Å². The van der Waals surface area contributed by atoms with Gasteiger partial charge in [0.05, 0.1) is 18.4 Å². The maximum Gasteiger partial charge on any atom is 0.256 e. The van der Waals surface area contributed by atoms with Crippen LogP contribution >= 0.6 is 11.6 Å². The van der Waals surface area contributed by atoms with E-state index >= 15 is 0 Å². The first-order valence-electron chi connectivity index (χ1n) is 12.5. The van der Waals surface area contributed by atoms with Gasteiger partial charge in [0.15, 0.2) is 23.8 Å². The first-order chi connectivity index (χ1) is 18.8. The number of hydrogen-bond donors (Lipinski definition) is 4. The molecule has 2 amide bonds. The summed E-state index contributed by atoms with van der Waals surface area (Å²) < 4.78 is 7.14. The van der Waals surface area contributed by atoms with Gasteiger partial charge < -0.3 is 30.9 Å². The summed E-state index contributed by atoms with van der Waals surface area (Å²) >= 11 is 5.84. The molecule has 0 spiro atoms. The number of rotatable bonds is 6. The molecule has 4 heterocycles. The normalized spacial score (nSPS) is 24.3. The monoisotopic (exact) mass is 552 g/mol. The van der Waals surface area contributed by atoms with Gasteiger partial charge in [-0.3, -0.25) is 14.2 Å². The number of nitrogens with one attached hydrogen (secondary N) is 1. The fourth-order valence-electron chi connectivity index (χ4n) is 4.42. The van der Waals surface area contributed by atoms with Crippen molar-refractivity contribution in [2.75, 3.05) is 12.3 Å². The maximum atomic E-state index is 13.0. The molecule has 0 bridgehead atoms. The van der Waals surface area contributed by atoms with E-state index in [9.17, 15) is 19.8 Å². The SMILES string of the molecule is Nc1nc(C#CCN(C(=O)c2ccc(Cl)nc2)C2CC2)nc2c1ncn2[C@@H]1O[C@H](C(=O)NC2CC2)[C@@H](O)[C@H]1O. The third-order valence-electron chi connectivity index (χ3n) is 6.82. The number of nitrogens with two attached hydrogens (primary N) is 1. The van der Waals surface area contributed by atoms with E-state index in [1.54, 1.807) is 17.0 Å². The Morgan fingerprint density at radius 2 is 1.97 bits per heavy atom. The minimum Gasteiger partial charge on any atom is -0.387 e. The zero-order chi connectivity index (χ0) is 27.3. The summed E-state index contributed by atoms with van der Waals surface area (Å²) in [5.41, 5.74) is 6.99. The van der Waals surface area contributed by atoms with Crippen molar-refractivity contribution in [1.29, 1.82) is 0 Å². The highest BCUT2D eigenvalue weighted by atomic mass is 35.5. The summed E-state index contributed by atoms with van der Waals surface area (Å²) in [4.78, 5) is 44.0. The van der Waals surface area contributed by atoms with Crippen molar-refractivity contribution in [2.45, 2.75) is 62.3 Å². The van der Waals surface area contributed by atoms with E-state index in [2.05, 4.69) is 37.1 Å². The molecule has 2 saturated carbocycles. The second-order valence-electron chi connectivity index (χ2n) is 9.80. The molecule has 0 radical (unpaired) electrons. The van der Waals surface area contributed by atoms with E-state index in [4.69, 9.17) is 22.1 Å². The quantitative estimate of drug-likeness (QED) is 0.240. The Morgan fingerprint density at radius 1 is 1.18 bits per heavy atom. The van der Waals surface area contributed by atoms with E-state index in [1.807, 2.05) is 0 Å². The molecular weight excluding hydrogens is 528 g/mol. The molecule has 202 valence electrons. The van der Waals surface area contributed by atoms with Gasteiger partial charge in [0.25, 0.3) is 11.8 Å². The third-order valence-corrected chi connectivity index (χ3v) is 7.04. The first-order valence-corrected chi connectivity index (χ1v) is 12.9. The third kappa shape index (κ3) is 5.11. The number of aliphatic hydroxyl groups excluding tert-OH is 2. The van der Waals surface area contributed by atoms with Gasteiger partial charge in [-0.2, -0.15) is 0 Å². The number of anilines is 1. The lowest BCUT2D eigenvalue weighted by atomic mass is 10.1. The standard InChI is InChI=1S/C25H25ClN8O5/c26-15-8-3-12(10-28-15)24(38)33(14-6-7-14)9-1-2-16-31-21(27)17-22(32-16)34(11-29-17)25-19(36)18(35)20(39-25)23(37)30-13-4-5-13/h3,8,10-11,13-14,18-20,25,35-36H,4-7,9H2,(H,30,37)(H2,27,31,32)/t18-,19+,20-,25+/m0/s1. The lowest BCUT2D eigenvalue weighted by molar-refractivity contribution is -0.137. The van der Waals surface area contributed by atoms with Gasteiger partial charge in [-0.05, 0) is 43.7 Å². The van der Waals surface area contributed by atoms with Crippen LogP contribution in [0.1, 0.15) is 48.1 Å². The van der Waals surface area contributed by atoms with Crippen LogP contribution in [0.3, 0.4) is 0 Å². The molecule has 0 unspecified atom stereocenters. The van der Waals surface area contributed by atoms with Gasteiger partial charge in [-0.1, -0.05) is 17.5 Å². The maximum absolute atomic E-state index is 13.0. The van der Waals surface area contributed by atoms with Crippen molar-refractivity contribution in [3.05, 3.63) is 41.2 Å². The Bertz CT molecular complexity index is 1490. The predicted molar refractivity (Wildman–Crippen MR) is 137 cm³/mol. The number of carbonyl (C=O) groups is 2. The Labute approximate surface area is 227 Å². The number of halogens is 1. The molecule has 2 aliphatic carbocycles. The number of pyridine rings is 1. The number of aliphatic hydroxyl groups is 2. The number of hydrogen-bond acceptors (Lipinski definition) is 10. The molecule has 6 rings (SSSR count). The number of nitrogen functional groups attached to an aromatic ring is 1. The molecule has 13 nitrogen and oxygen atoms in total. The number of amides is 2. The van der Waals surface area contributed by atoms with E-state index in [0.717, 1.165) is 25.7 Å². The zero-order valence-electron chi connectivity index (χ0n) is 20.6. The summed E-state index contributed by atoms with van der Waals surface area (Å²) in [6, 6.07) is 3.35. The Kier molecular flexibility index (Phi) is 6.56. The average Bonchev–Trinajstić information content (AvgIpc) is 3.85. The van der Waals surface area contributed by atoms with E-state index in [0.29, 0.717) is 10.7 Å². The Morgan fingerprint density at radius 3 is 2.67 bits per heavy atom. The van der Waals surface area contributed by atoms with Crippen LogP contribution in [-0.2, 0) is 9.53 Å². The lowest BCUT2D eigenvalue weighted by Crippen LogP contribution is -2.43. The molecule has 4 atom stereocenters. The molecule has 14 heteroatoms. The molecule has 39 heavy (non-hydrogen) atoms. The number of aromatic nitrogens is 5. The molecule has 1 saturated heterocycles. The second-order valence-corrected chi connectivity index (χ2v) is 10.2. The molecule has 3 fully saturated rings. The van der Waals surface area contributed by atoms with Crippen molar-refractivity contribution in [3.63, 3.8) is 0 Å². The molecule has 3 aliphatic rings. The largest absolute Gasteiger partial charge is 0.387 e. The van der Waals surface area contributed by atoms with Gasteiger partial charge in [-0.25, -0.2) is 19.9 Å². The molecule has 5 N–H and O–H groups in total. The molecular formula is C25H25ClN8O5. The summed E-state index contributed by atoms with van der Waals surface area (Å²) in [7, 11) is 0. The van der Waals surface area contributed by atoms with Crippen molar-refractivity contribution in [2.24, 2.45) is 0 Å². The van der Waals surface area contributed by atoms with Crippen LogP contribution in [0.2, 0.25) is 5.15 Å². The van der Waals surface area contributed by atoms with Crippen LogP contribution in [-0.4, -0.2) is 88.4 Å². The van der Waals surface area contributed by atoms with Crippen LogP contribution in [0.5, 0.6) is 0 Å². The molecule has 1 aliphatic heterocycles. The predicted octanol–water partition coefficient (Wildman–Crippen LogP) is 0.0110. The van der Waals surface area contributed by atoms with Crippen LogP contribution in [0, 0.1) is 11.8 Å². The summed E-state index contributed by atoms with van der Waals surface area (Å²) in [5, 5.41) is 24.2. The van der Waals surface area contributed by atoms with Gasteiger partial charge in [-0.15, -0.1) is 0 Å². The number of nitrogens with zero attached hydrogens (tertiary/aromatic N) is 6. The van der Waals surface area contributed by atoms with Gasteiger partial charge >= 0.3 is 0 Å². The topological polar surface area (TPSA) is 182 Å². The highest BCUT2D eigenvalue weighted by Gasteiger charge is 2.48. The summed E-state index contributed by atoms with van der Waals surface area (Å²) in [6.07, 6.45) is 1.07. The van der Waals surface area contributed by atoms with Crippen LogP contribution < -0.4 is 11.1 Å². The summed E-state index contributed by atoms with van der Waals surface area (Å²) in [5.74, 6) is 5.25. The van der Waals surface area contributed by atoms with Crippen molar-refractivity contribution in [3.8, 4) is 11.8 Å². The Balaban J connectivity index is 1.22. The van der Waals surface area contributed by atoms with Crippen molar-refractivity contribution >= 4 is 40.4 Å². The van der Waals surface area contributed by atoms with Gasteiger partial charge in [0.2, 0.25) is 5.82 Å². The van der Waals surface area contributed by atoms with Crippen molar-refractivity contribution in [1.82, 2.24) is 34.7 Å².